The van der Waals surface area contributed by atoms with E-state index in [2.05, 4.69) is 21.7 Å². The fraction of sp³-hybridized carbons (Fsp3) is 0.952. The number of Topliss-reactive ketones (excluding diaryl/α,β-unsaturated/α-hetero) is 1. The van der Waals surface area contributed by atoms with E-state index in [0.717, 1.165) is 31.1 Å². The van der Waals surface area contributed by atoms with Crippen LogP contribution < -0.4 is 0 Å². The van der Waals surface area contributed by atoms with Crippen molar-refractivity contribution in [2.75, 3.05) is 59.4 Å². The highest BCUT2D eigenvalue weighted by Gasteiger charge is 2.28. The highest BCUT2D eigenvalue weighted by Crippen LogP contribution is 2.31. The summed E-state index contributed by atoms with van der Waals surface area (Å²) in [4.78, 5) is 19.7. The van der Waals surface area contributed by atoms with Crippen molar-refractivity contribution < 1.29 is 4.79 Å². The van der Waals surface area contributed by atoms with Gasteiger partial charge in [0, 0.05) is 51.6 Å². The van der Waals surface area contributed by atoms with Gasteiger partial charge >= 0.3 is 0 Å². The Morgan fingerprint density at radius 3 is 1.84 bits per heavy atom. The number of carbonyl (C=O) groups is 1. The van der Waals surface area contributed by atoms with E-state index in [9.17, 15) is 4.79 Å². The Bertz CT molecular complexity index is 403. The molecule has 0 unspecified atom stereocenters. The summed E-state index contributed by atoms with van der Waals surface area (Å²) >= 11 is 0. The van der Waals surface area contributed by atoms with Crippen LogP contribution in [0.1, 0.15) is 51.9 Å². The van der Waals surface area contributed by atoms with E-state index in [0.29, 0.717) is 11.7 Å². The van der Waals surface area contributed by atoms with Gasteiger partial charge in [0.1, 0.15) is 5.78 Å². The Morgan fingerprint density at radius 1 is 0.760 bits per heavy atom. The Labute approximate surface area is 154 Å². The van der Waals surface area contributed by atoms with Gasteiger partial charge < -0.3 is 14.7 Å². The molecule has 3 fully saturated rings. The number of nitrogens with zero attached hydrogens (tertiary/aromatic N) is 3. The molecule has 144 valence electrons. The minimum absolute atomic E-state index is 0.385. The fourth-order valence-corrected chi connectivity index (χ4v) is 5.07. The third-order valence-corrected chi connectivity index (χ3v) is 6.99. The van der Waals surface area contributed by atoms with Crippen molar-refractivity contribution >= 4 is 5.78 Å². The third-order valence-electron chi connectivity index (χ3n) is 6.99. The second-order valence-corrected chi connectivity index (χ2v) is 8.89. The summed E-state index contributed by atoms with van der Waals surface area (Å²) in [5, 5.41) is 0. The molecular weight excluding hydrogens is 310 g/mol. The van der Waals surface area contributed by atoms with Gasteiger partial charge in [-0.25, -0.2) is 0 Å². The number of likely N-dealkylation sites (N-methyl/N-ethyl adjacent to an activating group) is 1. The molecule has 0 amide bonds. The van der Waals surface area contributed by atoms with Crippen LogP contribution in [0, 0.1) is 17.8 Å². The van der Waals surface area contributed by atoms with Gasteiger partial charge in [0.25, 0.3) is 0 Å². The first-order chi connectivity index (χ1) is 12.1. The number of likely N-dealkylation sites (tertiary alicyclic amines) is 1. The zero-order chi connectivity index (χ0) is 17.6. The van der Waals surface area contributed by atoms with Gasteiger partial charge in [0.2, 0.25) is 0 Å². The van der Waals surface area contributed by atoms with Crippen molar-refractivity contribution in [1.29, 1.82) is 0 Å². The fourth-order valence-electron chi connectivity index (χ4n) is 5.07. The summed E-state index contributed by atoms with van der Waals surface area (Å²) in [6.07, 6.45) is 8.35. The largest absolute Gasteiger partial charge is 0.304 e. The first-order valence-electron chi connectivity index (χ1n) is 10.8. The number of ketones is 1. The lowest BCUT2D eigenvalue weighted by Crippen LogP contribution is -2.47. The maximum Gasteiger partial charge on any atom is 0.135 e. The third kappa shape index (κ3) is 5.77. The highest BCUT2D eigenvalue weighted by atomic mass is 16.1. The molecule has 1 saturated carbocycles. The number of hydrogen-bond acceptors (Lipinski definition) is 4. The normalized spacial score (nSPS) is 31.3. The van der Waals surface area contributed by atoms with Crippen LogP contribution in [0.4, 0.5) is 0 Å². The van der Waals surface area contributed by atoms with Crippen LogP contribution in [-0.4, -0.2) is 79.9 Å². The van der Waals surface area contributed by atoms with Crippen molar-refractivity contribution in [3.05, 3.63) is 0 Å². The van der Waals surface area contributed by atoms with E-state index < -0.39 is 0 Å². The zero-order valence-electron chi connectivity index (χ0n) is 16.6. The molecule has 1 aliphatic carbocycles. The highest BCUT2D eigenvalue weighted by molar-refractivity contribution is 5.80. The smallest absolute Gasteiger partial charge is 0.135 e. The van der Waals surface area contributed by atoms with Crippen molar-refractivity contribution in [3.63, 3.8) is 0 Å². The van der Waals surface area contributed by atoms with Crippen molar-refractivity contribution in [2.24, 2.45) is 17.8 Å². The molecule has 0 aromatic carbocycles. The summed E-state index contributed by atoms with van der Waals surface area (Å²) in [6.45, 7) is 12.2. The van der Waals surface area contributed by atoms with Crippen LogP contribution in [0.3, 0.4) is 0 Å². The topological polar surface area (TPSA) is 26.8 Å². The van der Waals surface area contributed by atoms with Crippen molar-refractivity contribution in [3.8, 4) is 0 Å². The standard InChI is InChI=1S/C21H39N3O/c1-3-21(25)20-6-4-18(5-7-20)16-23-10-8-19(9-11-23)17-24-14-12-22(2)13-15-24/h18-20H,3-17H2,1-2H3. The summed E-state index contributed by atoms with van der Waals surface area (Å²) in [5.74, 6) is 2.64. The lowest BCUT2D eigenvalue weighted by atomic mass is 9.79. The SMILES string of the molecule is CCC(=O)C1CCC(CN2CCC(CN3CCN(C)CC3)CC2)CC1. The van der Waals surface area contributed by atoms with Crippen molar-refractivity contribution in [1.82, 2.24) is 14.7 Å². The predicted molar refractivity (Wildman–Crippen MR) is 104 cm³/mol. The molecule has 0 bridgehead atoms. The lowest BCUT2D eigenvalue weighted by molar-refractivity contribution is -0.123. The Hall–Kier alpha value is -0.450. The van der Waals surface area contributed by atoms with E-state index >= 15 is 0 Å². The predicted octanol–water partition coefficient (Wildman–Crippen LogP) is 2.73. The molecule has 2 aliphatic heterocycles. The Balaban J connectivity index is 1.31. The number of piperazine rings is 1. The summed E-state index contributed by atoms with van der Waals surface area (Å²) in [7, 11) is 2.24. The molecule has 3 rings (SSSR count). The van der Waals surface area contributed by atoms with E-state index in [1.54, 1.807) is 0 Å². The average Bonchev–Trinajstić information content (AvgIpc) is 2.65. The minimum atomic E-state index is 0.385. The van der Waals surface area contributed by atoms with Crippen LogP contribution in [0.5, 0.6) is 0 Å². The minimum Gasteiger partial charge on any atom is -0.304 e. The number of carbonyl (C=O) groups excluding carboxylic acids is 1. The van der Waals surface area contributed by atoms with Gasteiger partial charge in [-0.05, 0) is 70.5 Å². The van der Waals surface area contributed by atoms with Crippen LogP contribution in [0.25, 0.3) is 0 Å². The average molecular weight is 350 g/mol. The molecule has 0 atom stereocenters. The van der Waals surface area contributed by atoms with Crippen LogP contribution >= 0.6 is 0 Å². The molecule has 0 radical (unpaired) electrons. The molecule has 2 saturated heterocycles. The van der Waals surface area contributed by atoms with Gasteiger partial charge in [0.05, 0.1) is 0 Å². The quantitative estimate of drug-likeness (QED) is 0.737. The molecule has 4 heteroatoms. The van der Waals surface area contributed by atoms with E-state index in [1.807, 2.05) is 6.92 Å². The van der Waals surface area contributed by atoms with Crippen LogP contribution in [0.2, 0.25) is 0 Å². The molecule has 4 nitrogen and oxygen atoms in total. The van der Waals surface area contributed by atoms with Gasteiger partial charge in [-0.3, -0.25) is 4.79 Å². The van der Waals surface area contributed by atoms with Gasteiger partial charge in [-0.2, -0.15) is 0 Å². The van der Waals surface area contributed by atoms with Gasteiger partial charge in [0.15, 0.2) is 0 Å². The van der Waals surface area contributed by atoms with E-state index in [-0.39, 0.29) is 0 Å². The van der Waals surface area contributed by atoms with Crippen LogP contribution in [-0.2, 0) is 4.79 Å². The molecule has 25 heavy (non-hydrogen) atoms. The molecule has 0 spiro atoms. The summed E-state index contributed by atoms with van der Waals surface area (Å²) in [5.41, 5.74) is 0. The number of rotatable bonds is 6. The number of hydrogen-bond donors (Lipinski definition) is 0. The number of piperidine rings is 1. The monoisotopic (exact) mass is 349 g/mol. The first kappa shape index (κ1) is 19.3. The van der Waals surface area contributed by atoms with E-state index in [4.69, 9.17) is 0 Å². The molecule has 2 heterocycles. The molecule has 3 aliphatic rings. The second-order valence-electron chi connectivity index (χ2n) is 8.89. The van der Waals surface area contributed by atoms with Gasteiger partial charge in [-0.15, -0.1) is 0 Å². The summed E-state index contributed by atoms with van der Waals surface area (Å²) in [6, 6.07) is 0. The molecule has 0 aromatic heterocycles. The van der Waals surface area contributed by atoms with E-state index in [1.165, 1.54) is 78.0 Å². The molecule has 0 aromatic rings. The zero-order valence-corrected chi connectivity index (χ0v) is 16.6. The first-order valence-corrected chi connectivity index (χ1v) is 10.8. The molecule has 0 N–H and O–H groups in total. The maximum atomic E-state index is 11.9. The Morgan fingerprint density at radius 2 is 1.28 bits per heavy atom. The maximum absolute atomic E-state index is 11.9. The summed E-state index contributed by atoms with van der Waals surface area (Å²) < 4.78 is 0. The lowest BCUT2D eigenvalue weighted by Gasteiger charge is -2.39. The van der Waals surface area contributed by atoms with Crippen LogP contribution in [0.15, 0.2) is 0 Å². The second kappa shape index (κ2) is 9.48. The molecular formula is C21H39N3O. The van der Waals surface area contributed by atoms with Gasteiger partial charge in [-0.1, -0.05) is 6.92 Å². The van der Waals surface area contributed by atoms with Crippen molar-refractivity contribution in [2.45, 2.75) is 51.9 Å². The Kier molecular flexibility index (Phi) is 7.32.